The molecule has 9 heteroatoms. The second-order valence-electron chi connectivity index (χ2n) is 14.2. The number of carbonyl (C=O) groups excluding carboxylic acids is 2. The second kappa shape index (κ2) is 21.7. The molecular formula is C37H62N2O5SSi. The molecule has 0 amide bonds. The number of ether oxygens (including phenoxy) is 3. The number of aromatic nitrogens is 2. The molecule has 0 atom stereocenters. The molecule has 7 nitrogen and oxygen atoms in total. The van der Waals surface area contributed by atoms with Gasteiger partial charge >= 0.3 is 11.9 Å². The van der Waals surface area contributed by atoms with Crippen molar-refractivity contribution in [3.8, 4) is 0 Å². The number of hydrogen-bond acceptors (Lipinski definition) is 7. The number of imidazole rings is 1. The largest absolute Gasteiger partial charge is 0.466 e. The molecule has 260 valence electrons. The lowest BCUT2D eigenvalue weighted by atomic mass is 10.1. The minimum Gasteiger partial charge on any atom is -0.466 e. The summed E-state index contributed by atoms with van der Waals surface area (Å²) in [5, 5.41) is 1.11. The van der Waals surface area contributed by atoms with Crippen molar-refractivity contribution in [3.05, 3.63) is 40.8 Å². The molecular weight excluding hydrogens is 613 g/mol. The number of esters is 2. The molecule has 0 saturated carbocycles. The van der Waals surface area contributed by atoms with Gasteiger partial charge in [0.15, 0.2) is 0 Å². The van der Waals surface area contributed by atoms with E-state index in [1.807, 2.05) is 6.92 Å². The van der Waals surface area contributed by atoms with Gasteiger partial charge in [0.25, 0.3) is 0 Å². The molecule has 0 fully saturated rings. The molecule has 2 rings (SSSR count). The molecule has 2 aromatic rings. The van der Waals surface area contributed by atoms with Crippen molar-refractivity contribution in [1.82, 2.24) is 9.55 Å². The predicted octanol–water partition coefficient (Wildman–Crippen LogP) is 10.2. The Bertz CT molecular complexity index is 1170. The van der Waals surface area contributed by atoms with E-state index >= 15 is 0 Å². The minimum atomic E-state index is -1.13. The number of benzene rings is 1. The quantitative estimate of drug-likeness (QED) is 0.0623. The van der Waals surface area contributed by atoms with Crippen molar-refractivity contribution < 1.29 is 23.8 Å². The molecule has 0 aliphatic heterocycles. The molecule has 0 unspecified atom stereocenters. The van der Waals surface area contributed by atoms with Crippen LogP contribution in [0.3, 0.4) is 0 Å². The highest BCUT2D eigenvalue weighted by molar-refractivity contribution is 7.99. The van der Waals surface area contributed by atoms with Crippen LogP contribution in [0, 0.1) is 20.8 Å². The van der Waals surface area contributed by atoms with Crippen molar-refractivity contribution in [2.45, 2.75) is 160 Å². The van der Waals surface area contributed by atoms with Gasteiger partial charge in [-0.25, -0.2) is 4.98 Å². The smallest absolute Gasteiger partial charge is 0.305 e. The van der Waals surface area contributed by atoms with Gasteiger partial charge in [-0.15, -0.1) is 0 Å². The highest BCUT2D eigenvalue weighted by atomic mass is 32.2. The first kappa shape index (κ1) is 40.1. The van der Waals surface area contributed by atoms with Gasteiger partial charge in [-0.2, -0.15) is 0 Å². The Kier molecular flexibility index (Phi) is 18.9. The Balaban J connectivity index is 1.50. The summed E-state index contributed by atoms with van der Waals surface area (Å²) in [5.74, 6) is 1.05. The lowest BCUT2D eigenvalue weighted by Crippen LogP contribution is -2.22. The maximum Gasteiger partial charge on any atom is 0.305 e. The first-order valence-electron chi connectivity index (χ1n) is 17.6. The van der Waals surface area contributed by atoms with Crippen LogP contribution in [0.4, 0.5) is 0 Å². The van der Waals surface area contributed by atoms with E-state index in [0.717, 1.165) is 54.7 Å². The lowest BCUT2D eigenvalue weighted by molar-refractivity contribution is -0.146. The summed E-state index contributed by atoms with van der Waals surface area (Å²) in [4.78, 5) is 30.0. The van der Waals surface area contributed by atoms with Crippen molar-refractivity contribution in [2.75, 3.05) is 19.8 Å². The zero-order chi connectivity index (χ0) is 34.0. The zero-order valence-corrected chi connectivity index (χ0v) is 32.0. The average molecular weight is 675 g/mol. The van der Waals surface area contributed by atoms with E-state index in [2.05, 4.69) is 70.1 Å². The third-order valence-electron chi connectivity index (χ3n) is 7.93. The third-order valence-corrected chi connectivity index (χ3v) is 10.7. The molecule has 0 radical (unpaired) electrons. The molecule has 0 bridgehead atoms. The predicted molar refractivity (Wildman–Crippen MR) is 193 cm³/mol. The number of hydrogen-bond donors (Lipinski definition) is 0. The maximum absolute atomic E-state index is 12.2. The number of rotatable bonds is 24. The Morgan fingerprint density at radius 2 is 1.26 bits per heavy atom. The van der Waals surface area contributed by atoms with Gasteiger partial charge < -0.3 is 14.2 Å². The summed E-state index contributed by atoms with van der Waals surface area (Å²) in [6, 6.07) is 7.64. The monoisotopic (exact) mass is 674 g/mol. The van der Waals surface area contributed by atoms with Crippen molar-refractivity contribution in [1.29, 1.82) is 0 Å². The summed E-state index contributed by atoms with van der Waals surface area (Å²) >= 11 is 1.73. The van der Waals surface area contributed by atoms with E-state index in [1.54, 1.807) is 11.8 Å². The summed E-state index contributed by atoms with van der Waals surface area (Å²) in [6.07, 6.45) is 12.3. The molecule has 0 N–H and O–H groups in total. The van der Waals surface area contributed by atoms with E-state index in [0.29, 0.717) is 38.7 Å². The van der Waals surface area contributed by atoms with E-state index in [9.17, 15) is 9.59 Å². The second-order valence-corrected chi connectivity index (χ2v) is 20.9. The number of nitrogens with zero attached hydrogens (tertiary/aromatic N) is 2. The number of carbonyl (C=O) groups is 2. The molecule has 0 saturated heterocycles. The van der Waals surface area contributed by atoms with Gasteiger partial charge in [-0.3, -0.25) is 14.2 Å². The standard InChI is InChI=1S/C37H62N2O5SSi/c1-29(2)36-37(45-33-26-30(3)25-31(4)27-33)39(32(5)38-36)28-42-21-22-43-34(40)19-17-15-13-11-9-10-12-14-16-18-20-35(41)44-23-24-46(6,7)8/h25-27,29H,9-24,28H2,1-8H3. The van der Waals surface area contributed by atoms with Gasteiger partial charge in [-0.05, 0) is 68.8 Å². The maximum atomic E-state index is 12.2. The minimum absolute atomic E-state index is 0.0334. The van der Waals surface area contributed by atoms with E-state index < -0.39 is 8.07 Å². The van der Waals surface area contributed by atoms with Gasteiger partial charge in [0, 0.05) is 25.8 Å². The van der Waals surface area contributed by atoms with Crippen LogP contribution in [0.5, 0.6) is 0 Å². The van der Waals surface area contributed by atoms with Crippen LogP contribution >= 0.6 is 11.8 Å². The SMILES string of the molecule is Cc1cc(C)cc(Sc2c(C(C)C)nc(C)n2COCCOC(=O)CCCCCCCCCCCCC(=O)OCC[Si](C)(C)C)c1. The van der Waals surface area contributed by atoms with Crippen LogP contribution in [-0.4, -0.2) is 49.4 Å². The lowest BCUT2D eigenvalue weighted by Gasteiger charge is -2.15. The van der Waals surface area contributed by atoms with Gasteiger partial charge in [0.05, 0.1) is 18.9 Å². The van der Waals surface area contributed by atoms with E-state index in [1.165, 1.54) is 48.1 Å². The Morgan fingerprint density at radius 1 is 0.761 bits per heavy atom. The van der Waals surface area contributed by atoms with Gasteiger partial charge in [-0.1, -0.05) is 103 Å². The van der Waals surface area contributed by atoms with Crippen molar-refractivity contribution >= 4 is 31.8 Å². The highest BCUT2D eigenvalue weighted by Gasteiger charge is 2.19. The molecule has 46 heavy (non-hydrogen) atoms. The normalized spacial score (nSPS) is 11.8. The molecule has 0 aliphatic rings. The van der Waals surface area contributed by atoms with E-state index in [-0.39, 0.29) is 18.5 Å². The van der Waals surface area contributed by atoms with E-state index in [4.69, 9.17) is 19.2 Å². The summed E-state index contributed by atoms with van der Waals surface area (Å²) in [5.41, 5.74) is 3.57. The van der Waals surface area contributed by atoms with Crippen LogP contribution in [0.25, 0.3) is 0 Å². The number of aryl methyl sites for hydroxylation is 3. The summed E-state index contributed by atoms with van der Waals surface area (Å²) in [6.45, 7) is 19.1. The van der Waals surface area contributed by atoms with Crippen molar-refractivity contribution in [2.24, 2.45) is 0 Å². The van der Waals surface area contributed by atoms with Crippen molar-refractivity contribution in [3.63, 3.8) is 0 Å². The molecule has 1 aromatic carbocycles. The first-order valence-corrected chi connectivity index (χ1v) is 22.1. The first-order chi connectivity index (χ1) is 21.9. The summed E-state index contributed by atoms with van der Waals surface area (Å²) < 4.78 is 18.8. The number of unbranched alkanes of at least 4 members (excludes halogenated alkanes) is 9. The fourth-order valence-corrected chi connectivity index (χ4v) is 7.35. The van der Waals surface area contributed by atoms with Crippen LogP contribution in [-0.2, 0) is 30.5 Å². The zero-order valence-electron chi connectivity index (χ0n) is 30.2. The Morgan fingerprint density at radius 3 is 1.76 bits per heavy atom. The summed E-state index contributed by atoms with van der Waals surface area (Å²) in [7, 11) is -1.13. The third kappa shape index (κ3) is 17.2. The van der Waals surface area contributed by atoms with Gasteiger partial charge in [0.1, 0.15) is 24.2 Å². The average Bonchev–Trinajstić information content (AvgIpc) is 3.26. The topological polar surface area (TPSA) is 79.7 Å². The fraction of sp³-hybridized carbons (Fsp3) is 0.703. The molecule has 1 heterocycles. The molecule has 0 aliphatic carbocycles. The van der Waals surface area contributed by atoms with Crippen LogP contribution < -0.4 is 0 Å². The van der Waals surface area contributed by atoms with Gasteiger partial charge in [0.2, 0.25) is 0 Å². The highest BCUT2D eigenvalue weighted by Crippen LogP contribution is 2.35. The molecule has 1 aromatic heterocycles. The Hall–Kier alpha value is -2.10. The van der Waals surface area contributed by atoms with Crippen LogP contribution in [0.15, 0.2) is 28.1 Å². The Labute approximate surface area is 285 Å². The van der Waals surface area contributed by atoms with Crippen LogP contribution in [0.1, 0.15) is 119 Å². The fourth-order valence-electron chi connectivity index (χ4n) is 5.25. The van der Waals surface area contributed by atoms with Crippen LogP contribution in [0.2, 0.25) is 25.7 Å². The molecule has 0 spiro atoms.